The highest BCUT2D eigenvalue weighted by atomic mass is 19.2. The van der Waals surface area contributed by atoms with Gasteiger partial charge in [0.25, 0.3) is 0 Å². The van der Waals surface area contributed by atoms with Crippen LogP contribution in [0.1, 0.15) is 5.56 Å². The van der Waals surface area contributed by atoms with Crippen molar-refractivity contribution in [2.24, 2.45) is 10.8 Å². The van der Waals surface area contributed by atoms with Crippen LogP contribution in [0.15, 0.2) is 47.5 Å². The van der Waals surface area contributed by atoms with Gasteiger partial charge in [0.2, 0.25) is 0 Å². The summed E-state index contributed by atoms with van der Waals surface area (Å²) < 4.78 is 39.6. The van der Waals surface area contributed by atoms with Crippen molar-refractivity contribution < 1.29 is 13.2 Å². The van der Waals surface area contributed by atoms with E-state index in [4.69, 9.17) is 5.84 Å². The Hall–Kier alpha value is -2.34. The van der Waals surface area contributed by atoms with Gasteiger partial charge in [-0.1, -0.05) is 18.2 Å². The summed E-state index contributed by atoms with van der Waals surface area (Å²) in [5, 5.41) is 0. The number of benzene rings is 2. The van der Waals surface area contributed by atoms with Crippen molar-refractivity contribution in [2.75, 3.05) is 0 Å². The van der Waals surface area contributed by atoms with Crippen LogP contribution in [-0.2, 0) is 0 Å². The van der Waals surface area contributed by atoms with E-state index in [1.54, 1.807) is 30.3 Å². The molecule has 0 saturated heterocycles. The smallest absolute Gasteiger partial charge is 0.195 e. The molecule has 0 aliphatic rings. The van der Waals surface area contributed by atoms with Gasteiger partial charge in [-0.2, -0.15) is 0 Å². The first kappa shape index (κ1) is 13.1. The lowest BCUT2D eigenvalue weighted by Crippen LogP contribution is -2.32. The number of rotatable bonds is 2. The summed E-state index contributed by atoms with van der Waals surface area (Å²) in [5.41, 5.74) is 2.43. The fraction of sp³-hybridized carbons (Fsp3) is 0. The van der Waals surface area contributed by atoms with E-state index >= 15 is 0 Å². The predicted molar refractivity (Wildman–Crippen MR) is 66.3 cm³/mol. The number of nitrogens with zero attached hydrogens (tertiary/aromatic N) is 1. The molecule has 0 bridgehead atoms. The standard InChI is InChI=1S/C13H10F3N3/c14-10-7-6-9(11(15)12(10)16)13(19-17)18-8-4-2-1-3-5-8/h1-7H,17H2,(H,18,19). The van der Waals surface area contributed by atoms with Crippen LogP contribution in [0.25, 0.3) is 0 Å². The molecule has 2 aromatic carbocycles. The average Bonchev–Trinajstić information content (AvgIpc) is 2.44. The number of hydrazine groups is 1. The first-order valence-electron chi connectivity index (χ1n) is 5.37. The van der Waals surface area contributed by atoms with Gasteiger partial charge in [-0.3, -0.25) is 0 Å². The first-order valence-corrected chi connectivity index (χ1v) is 5.37. The van der Waals surface area contributed by atoms with Crippen LogP contribution in [-0.4, -0.2) is 5.84 Å². The fourth-order valence-electron chi connectivity index (χ4n) is 1.51. The summed E-state index contributed by atoms with van der Waals surface area (Å²) in [6.45, 7) is 0. The van der Waals surface area contributed by atoms with Crippen molar-refractivity contribution in [1.82, 2.24) is 5.43 Å². The Labute approximate surface area is 107 Å². The third kappa shape index (κ3) is 2.74. The van der Waals surface area contributed by atoms with Gasteiger partial charge in [0.1, 0.15) is 0 Å². The number of para-hydroxylation sites is 1. The highest BCUT2D eigenvalue weighted by Crippen LogP contribution is 2.17. The predicted octanol–water partition coefficient (Wildman–Crippen LogP) is 2.65. The van der Waals surface area contributed by atoms with E-state index in [9.17, 15) is 13.2 Å². The van der Waals surface area contributed by atoms with E-state index in [-0.39, 0.29) is 11.4 Å². The van der Waals surface area contributed by atoms with E-state index in [0.717, 1.165) is 12.1 Å². The summed E-state index contributed by atoms with van der Waals surface area (Å²) in [7, 11) is 0. The lowest BCUT2D eigenvalue weighted by atomic mass is 10.1. The maximum atomic E-state index is 13.6. The zero-order valence-electron chi connectivity index (χ0n) is 9.70. The summed E-state index contributed by atoms with van der Waals surface area (Å²) in [6, 6.07) is 10.4. The van der Waals surface area contributed by atoms with Crippen molar-refractivity contribution in [2.45, 2.75) is 0 Å². The Morgan fingerprint density at radius 3 is 2.26 bits per heavy atom. The molecular weight excluding hydrogens is 255 g/mol. The molecule has 0 atom stereocenters. The highest BCUT2D eigenvalue weighted by Gasteiger charge is 2.16. The van der Waals surface area contributed by atoms with Crippen LogP contribution in [0.3, 0.4) is 0 Å². The zero-order valence-corrected chi connectivity index (χ0v) is 9.70. The van der Waals surface area contributed by atoms with Gasteiger partial charge >= 0.3 is 0 Å². The molecule has 0 radical (unpaired) electrons. The molecule has 0 fully saturated rings. The third-order valence-electron chi connectivity index (χ3n) is 2.42. The number of halogens is 3. The second kappa shape index (κ2) is 5.53. The van der Waals surface area contributed by atoms with Crippen LogP contribution in [0.4, 0.5) is 18.9 Å². The molecule has 3 N–H and O–H groups in total. The van der Waals surface area contributed by atoms with E-state index < -0.39 is 17.5 Å². The van der Waals surface area contributed by atoms with E-state index in [1.807, 2.05) is 0 Å². The Morgan fingerprint density at radius 2 is 1.63 bits per heavy atom. The molecule has 0 unspecified atom stereocenters. The average molecular weight is 265 g/mol. The summed E-state index contributed by atoms with van der Waals surface area (Å²) in [5.74, 6) is 0.983. The van der Waals surface area contributed by atoms with Crippen LogP contribution >= 0.6 is 0 Å². The number of nitrogens with two attached hydrogens (primary N) is 1. The Bertz CT molecular complexity index is 612. The summed E-state index contributed by atoms with van der Waals surface area (Å²) in [4.78, 5) is 4.03. The number of amidine groups is 1. The van der Waals surface area contributed by atoms with Gasteiger partial charge in [-0.05, 0) is 24.3 Å². The Kier molecular flexibility index (Phi) is 3.82. The minimum absolute atomic E-state index is 0.0948. The molecule has 0 aromatic heterocycles. The maximum absolute atomic E-state index is 13.6. The van der Waals surface area contributed by atoms with Gasteiger partial charge in [0, 0.05) is 0 Å². The molecule has 0 heterocycles. The molecule has 0 spiro atoms. The molecule has 0 aliphatic heterocycles. The van der Waals surface area contributed by atoms with Crippen molar-refractivity contribution in [3.05, 3.63) is 65.5 Å². The molecule has 98 valence electrons. The highest BCUT2D eigenvalue weighted by molar-refractivity contribution is 6.00. The van der Waals surface area contributed by atoms with Gasteiger partial charge in [-0.25, -0.2) is 24.0 Å². The van der Waals surface area contributed by atoms with Gasteiger partial charge in [0.15, 0.2) is 23.3 Å². The molecule has 19 heavy (non-hydrogen) atoms. The van der Waals surface area contributed by atoms with Crippen LogP contribution in [0.2, 0.25) is 0 Å². The molecule has 6 heteroatoms. The minimum atomic E-state index is -1.56. The van der Waals surface area contributed by atoms with Gasteiger partial charge in [-0.15, -0.1) is 0 Å². The molecule has 2 rings (SSSR count). The lowest BCUT2D eigenvalue weighted by molar-refractivity contribution is 0.446. The Balaban J connectivity index is 2.49. The first-order chi connectivity index (χ1) is 9.13. The molecular formula is C13H10F3N3. The summed E-state index contributed by atoms with van der Waals surface area (Å²) in [6.07, 6.45) is 0. The number of hydrogen-bond acceptors (Lipinski definition) is 2. The van der Waals surface area contributed by atoms with Crippen LogP contribution in [0, 0.1) is 17.5 Å². The van der Waals surface area contributed by atoms with E-state index in [0.29, 0.717) is 5.69 Å². The minimum Gasteiger partial charge on any atom is -0.308 e. The summed E-state index contributed by atoms with van der Waals surface area (Å²) >= 11 is 0. The maximum Gasteiger partial charge on any atom is 0.195 e. The normalized spacial score (nSPS) is 11.5. The van der Waals surface area contributed by atoms with Gasteiger partial charge in [0.05, 0.1) is 11.3 Å². The topological polar surface area (TPSA) is 50.4 Å². The Morgan fingerprint density at radius 1 is 0.947 bits per heavy atom. The lowest BCUT2D eigenvalue weighted by Gasteiger charge is -2.08. The molecule has 0 aliphatic carbocycles. The zero-order chi connectivity index (χ0) is 13.8. The number of aliphatic imine (C=N–C) groups is 1. The SMILES string of the molecule is NNC(=Nc1ccccc1)c1ccc(F)c(F)c1F. The quantitative estimate of drug-likeness (QED) is 0.288. The second-order valence-electron chi connectivity index (χ2n) is 3.66. The van der Waals surface area contributed by atoms with Crippen LogP contribution < -0.4 is 11.3 Å². The molecule has 2 aromatic rings. The van der Waals surface area contributed by atoms with Crippen molar-refractivity contribution in [1.29, 1.82) is 0 Å². The monoisotopic (exact) mass is 265 g/mol. The number of hydrogen-bond donors (Lipinski definition) is 2. The third-order valence-corrected chi connectivity index (χ3v) is 2.42. The van der Waals surface area contributed by atoms with E-state index in [2.05, 4.69) is 10.4 Å². The number of nitrogens with one attached hydrogen (secondary N) is 1. The molecule has 3 nitrogen and oxygen atoms in total. The van der Waals surface area contributed by atoms with Crippen LogP contribution in [0.5, 0.6) is 0 Å². The van der Waals surface area contributed by atoms with E-state index in [1.165, 1.54) is 0 Å². The van der Waals surface area contributed by atoms with Gasteiger partial charge < -0.3 is 5.43 Å². The molecule has 0 amide bonds. The fourth-order valence-corrected chi connectivity index (χ4v) is 1.51. The second-order valence-corrected chi connectivity index (χ2v) is 3.66. The van der Waals surface area contributed by atoms with Crippen molar-refractivity contribution in [3.8, 4) is 0 Å². The van der Waals surface area contributed by atoms with Crippen molar-refractivity contribution in [3.63, 3.8) is 0 Å². The largest absolute Gasteiger partial charge is 0.308 e. The molecule has 0 saturated carbocycles. The van der Waals surface area contributed by atoms with Crippen molar-refractivity contribution >= 4 is 11.5 Å².